The molecule has 17 heavy (non-hydrogen) atoms. The molecular weight excluding hydrogens is 243 g/mol. The van der Waals surface area contributed by atoms with Crippen molar-refractivity contribution < 1.29 is 4.39 Å². The van der Waals surface area contributed by atoms with Crippen LogP contribution >= 0.6 is 11.6 Å². The van der Waals surface area contributed by atoms with Crippen molar-refractivity contribution in [2.75, 3.05) is 0 Å². The molecular formula is C12H10ClFN2O. The largest absolute Gasteiger partial charge is 0.311 e. The third-order valence-electron chi connectivity index (χ3n) is 2.33. The van der Waals surface area contributed by atoms with Crippen LogP contribution in [0.3, 0.4) is 0 Å². The molecule has 1 aromatic carbocycles. The van der Waals surface area contributed by atoms with E-state index in [0.29, 0.717) is 23.5 Å². The second-order valence-corrected chi connectivity index (χ2v) is 3.96. The van der Waals surface area contributed by atoms with Crippen LogP contribution in [0.15, 0.2) is 29.1 Å². The Bertz CT molecular complexity index is 610. The molecule has 2 rings (SSSR count). The van der Waals surface area contributed by atoms with Gasteiger partial charge in [-0.15, -0.1) is 0 Å². The van der Waals surface area contributed by atoms with E-state index >= 15 is 0 Å². The van der Waals surface area contributed by atoms with Crippen molar-refractivity contribution in [3.8, 4) is 11.3 Å². The Morgan fingerprint density at radius 3 is 2.82 bits per heavy atom. The Hall–Kier alpha value is -1.68. The Labute approximate surface area is 102 Å². The summed E-state index contributed by atoms with van der Waals surface area (Å²) < 4.78 is 12.9. The van der Waals surface area contributed by atoms with E-state index in [4.69, 9.17) is 11.6 Å². The molecule has 0 fully saturated rings. The lowest BCUT2D eigenvalue weighted by molar-refractivity contribution is 0.628. The standard InChI is InChI=1S/C12H10ClFN2O/c1-2-11-15-10(6-12(17)16-11)8-4-3-7(14)5-9(8)13/h3-6H,2H2,1H3,(H,15,16,17). The molecule has 0 aliphatic rings. The zero-order valence-electron chi connectivity index (χ0n) is 9.13. The van der Waals surface area contributed by atoms with Crippen molar-refractivity contribution in [1.82, 2.24) is 9.97 Å². The number of benzene rings is 1. The number of H-pyrrole nitrogens is 1. The average Bonchev–Trinajstić information content (AvgIpc) is 2.28. The summed E-state index contributed by atoms with van der Waals surface area (Å²) in [6.45, 7) is 1.88. The minimum atomic E-state index is -0.417. The third-order valence-corrected chi connectivity index (χ3v) is 2.65. The zero-order valence-corrected chi connectivity index (χ0v) is 9.88. The molecule has 1 N–H and O–H groups in total. The highest BCUT2D eigenvalue weighted by Crippen LogP contribution is 2.26. The lowest BCUT2D eigenvalue weighted by Gasteiger charge is -2.05. The molecule has 0 amide bonds. The van der Waals surface area contributed by atoms with Gasteiger partial charge in [0.05, 0.1) is 10.7 Å². The Morgan fingerprint density at radius 1 is 1.41 bits per heavy atom. The second-order valence-electron chi connectivity index (χ2n) is 3.56. The lowest BCUT2D eigenvalue weighted by Crippen LogP contribution is -2.10. The molecule has 0 saturated carbocycles. The van der Waals surface area contributed by atoms with E-state index in [1.54, 1.807) is 0 Å². The minimum absolute atomic E-state index is 0.241. The molecule has 3 nitrogen and oxygen atoms in total. The first-order valence-corrected chi connectivity index (χ1v) is 5.53. The van der Waals surface area contributed by atoms with Gasteiger partial charge in [-0.1, -0.05) is 18.5 Å². The maximum Gasteiger partial charge on any atom is 0.251 e. The minimum Gasteiger partial charge on any atom is -0.311 e. The number of hydrogen-bond donors (Lipinski definition) is 1. The predicted octanol–water partition coefficient (Wildman–Crippen LogP) is 2.79. The summed E-state index contributed by atoms with van der Waals surface area (Å²) in [4.78, 5) is 18.3. The molecule has 0 aliphatic carbocycles. The van der Waals surface area contributed by atoms with Gasteiger partial charge in [0.2, 0.25) is 0 Å². The first-order chi connectivity index (χ1) is 8.10. The van der Waals surface area contributed by atoms with Crippen LogP contribution in [0.25, 0.3) is 11.3 Å². The summed E-state index contributed by atoms with van der Waals surface area (Å²) >= 11 is 5.92. The molecule has 1 aromatic heterocycles. The fraction of sp³-hybridized carbons (Fsp3) is 0.167. The molecule has 0 aliphatic heterocycles. The zero-order chi connectivity index (χ0) is 12.4. The highest BCUT2D eigenvalue weighted by atomic mass is 35.5. The summed E-state index contributed by atoms with van der Waals surface area (Å²) in [6, 6.07) is 5.35. The van der Waals surface area contributed by atoms with Crippen LogP contribution in [-0.2, 0) is 6.42 Å². The number of rotatable bonds is 2. The lowest BCUT2D eigenvalue weighted by atomic mass is 10.1. The SMILES string of the molecule is CCc1nc(-c2ccc(F)cc2Cl)cc(=O)[nH]1. The van der Waals surface area contributed by atoms with Crippen molar-refractivity contribution in [3.63, 3.8) is 0 Å². The third kappa shape index (κ3) is 2.53. The molecule has 0 atom stereocenters. The first-order valence-electron chi connectivity index (χ1n) is 5.16. The van der Waals surface area contributed by atoms with Crippen molar-refractivity contribution in [2.45, 2.75) is 13.3 Å². The Morgan fingerprint density at radius 2 is 2.18 bits per heavy atom. The van der Waals surface area contributed by atoms with Crippen molar-refractivity contribution >= 4 is 11.6 Å². The van der Waals surface area contributed by atoms with Crippen LogP contribution in [0.4, 0.5) is 4.39 Å². The number of nitrogens with one attached hydrogen (secondary N) is 1. The first kappa shape index (κ1) is 11.8. The van der Waals surface area contributed by atoms with Gasteiger partial charge in [0.25, 0.3) is 5.56 Å². The van der Waals surface area contributed by atoms with Gasteiger partial charge in [-0.05, 0) is 18.2 Å². The van der Waals surface area contributed by atoms with Crippen LogP contribution < -0.4 is 5.56 Å². The van der Waals surface area contributed by atoms with E-state index in [9.17, 15) is 9.18 Å². The number of aromatic nitrogens is 2. The number of halogens is 2. The van der Waals surface area contributed by atoms with Gasteiger partial charge >= 0.3 is 0 Å². The van der Waals surface area contributed by atoms with Crippen LogP contribution in [0.5, 0.6) is 0 Å². The summed E-state index contributed by atoms with van der Waals surface area (Å²) in [5.41, 5.74) is 0.761. The Kier molecular flexibility index (Phi) is 3.24. The van der Waals surface area contributed by atoms with Gasteiger partial charge in [-0.2, -0.15) is 0 Å². The number of aromatic amines is 1. The highest BCUT2D eigenvalue weighted by molar-refractivity contribution is 6.33. The molecule has 0 unspecified atom stereocenters. The molecule has 5 heteroatoms. The quantitative estimate of drug-likeness (QED) is 0.893. The van der Waals surface area contributed by atoms with Gasteiger partial charge in [0.15, 0.2) is 0 Å². The predicted molar refractivity (Wildman–Crippen MR) is 64.6 cm³/mol. The molecule has 0 saturated heterocycles. The summed E-state index contributed by atoms with van der Waals surface area (Å²) in [5.74, 6) is 0.159. The van der Waals surface area contributed by atoms with Gasteiger partial charge in [-0.3, -0.25) is 4.79 Å². The normalized spacial score (nSPS) is 10.5. The monoisotopic (exact) mass is 252 g/mol. The molecule has 0 radical (unpaired) electrons. The molecule has 1 heterocycles. The fourth-order valence-corrected chi connectivity index (χ4v) is 1.77. The highest BCUT2D eigenvalue weighted by Gasteiger charge is 2.08. The summed E-state index contributed by atoms with van der Waals surface area (Å²) in [5, 5.41) is 0.241. The van der Waals surface area contributed by atoms with Crippen LogP contribution in [0.2, 0.25) is 5.02 Å². The maximum absolute atomic E-state index is 12.9. The Balaban J connectivity index is 2.60. The number of hydrogen-bond acceptors (Lipinski definition) is 2. The van der Waals surface area contributed by atoms with E-state index < -0.39 is 5.82 Å². The van der Waals surface area contributed by atoms with Gasteiger partial charge in [-0.25, -0.2) is 9.37 Å². The van der Waals surface area contributed by atoms with Gasteiger partial charge < -0.3 is 4.98 Å². The van der Waals surface area contributed by atoms with E-state index in [1.807, 2.05) is 6.92 Å². The van der Waals surface area contributed by atoms with E-state index in [1.165, 1.54) is 24.3 Å². The number of nitrogens with zero attached hydrogens (tertiary/aromatic N) is 1. The van der Waals surface area contributed by atoms with Crippen LogP contribution in [0, 0.1) is 5.82 Å². The van der Waals surface area contributed by atoms with Gasteiger partial charge in [0.1, 0.15) is 11.6 Å². The number of aryl methyl sites for hydroxylation is 1. The molecule has 2 aromatic rings. The van der Waals surface area contributed by atoms with Crippen molar-refractivity contribution in [1.29, 1.82) is 0 Å². The van der Waals surface area contributed by atoms with Crippen LogP contribution in [0.1, 0.15) is 12.7 Å². The maximum atomic E-state index is 12.9. The molecule has 88 valence electrons. The van der Waals surface area contributed by atoms with Crippen molar-refractivity contribution in [3.05, 3.63) is 51.3 Å². The molecule has 0 spiro atoms. The summed E-state index contributed by atoms with van der Waals surface area (Å²) in [7, 11) is 0. The average molecular weight is 253 g/mol. The van der Waals surface area contributed by atoms with E-state index in [2.05, 4.69) is 9.97 Å². The second kappa shape index (κ2) is 4.67. The van der Waals surface area contributed by atoms with Crippen LogP contribution in [-0.4, -0.2) is 9.97 Å². The smallest absolute Gasteiger partial charge is 0.251 e. The van der Waals surface area contributed by atoms with Gasteiger partial charge in [0, 0.05) is 18.1 Å². The van der Waals surface area contributed by atoms with E-state index in [0.717, 1.165) is 0 Å². The molecule has 0 bridgehead atoms. The van der Waals surface area contributed by atoms with Crippen molar-refractivity contribution in [2.24, 2.45) is 0 Å². The topological polar surface area (TPSA) is 45.8 Å². The summed E-state index contributed by atoms with van der Waals surface area (Å²) in [6.07, 6.45) is 0.613. The van der Waals surface area contributed by atoms with E-state index in [-0.39, 0.29) is 10.6 Å². The fourth-order valence-electron chi connectivity index (χ4n) is 1.51.